The predicted molar refractivity (Wildman–Crippen MR) is 97.5 cm³/mol. The molecule has 6 heteroatoms. The van der Waals surface area contributed by atoms with E-state index in [1.54, 1.807) is 11.0 Å². The van der Waals surface area contributed by atoms with Gasteiger partial charge in [0.05, 0.1) is 5.54 Å². The summed E-state index contributed by atoms with van der Waals surface area (Å²) in [5.74, 6) is 0.215. The van der Waals surface area contributed by atoms with E-state index in [2.05, 4.69) is 46.3 Å². The molecule has 1 aliphatic heterocycles. The van der Waals surface area contributed by atoms with Gasteiger partial charge in [-0.1, -0.05) is 30.3 Å². The van der Waals surface area contributed by atoms with Gasteiger partial charge < -0.3 is 4.90 Å². The van der Waals surface area contributed by atoms with Crippen molar-refractivity contribution in [1.29, 1.82) is 0 Å². The van der Waals surface area contributed by atoms with Gasteiger partial charge in [0.25, 0.3) is 5.91 Å². The van der Waals surface area contributed by atoms with E-state index in [4.69, 9.17) is 0 Å². The van der Waals surface area contributed by atoms with Crippen LogP contribution >= 0.6 is 0 Å². The van der Waals surface area contributed by atoms with E-state index in [-0.39, 0.29) is 17.3 Å². The van der Waals surface area contributed by atoms with E-state index in [0.29, 0.717) is 19.1 Å². The molecule has 0 saturated carbocycles. The van der Waals surface area contributed by atoms with Gasteiger partial charge in [0, 0.05) is 25.7 Å². The minimum Gasteiger partial charge on any atom is -0.333 e. The minimum absolute atomic E-state index is 0.0749. The molecule has 0 N–H and O–H groups in total. The third kappa shape index (κ3) is 4.07. The monoisotopic (exact) mass is 341 g/mol. The molecule has 134 valence electrons. The van der Waals surface area contributed by atoms with Crippen LogP contribution in [0.25, 0.3) is 0 Å². The van der Waals surface area contributed by atoms with Crippen molar-refractivity contribution in [3.05, 3.63) is 48.0 Å². The normalized spacial score (nSPS) is 19.2. The first-order chi connectivity index (χ1) is 11.8. The number of aromatic nitrogens is 3. The molecule has 2 aromatic rings. The van der Waals surface area contributed by atoms with Crippen LogP contribution in [-0.4, -0.2) is 63.2 Å². The molecule has 1 saturated heterocycles. The van der Waals surface area contributed by atoms with E-state index < -0.39 is 0 Å². The maximum absolute atomic E-state index is 12.8. The summed E-state index contributed by atoms with van der Waals surface area (Å²) >= 11 is 0. The predicted octanol–water partition coefficient (Wildman–Crippen LogP) is 2.03. The fourth-order valence-electron chi connectivity index (χ4n) is 3.06. The van der Waals surface area contributed by atoms with Crippen LogP contribution in [0.2, 0.25) is 0 Å². The number of benzene rings is 1. The van der Waals surface area contributed by atoms with Crippen molar-refractivity contribution in [2.24, 2.45) is 0 Å². The van der Waals surface area contributed by atoms with Gasteiger partial charge in [-0.05, 0) is 39.8 Å². The van der Waals surface area contributed by atoms with Gasteiger partial charge in [0.2, 0.25) is 5.82 Å². The van der Waals surface area contributed by atoms with Gasteiger partial charge >= 0.3 is 0 Å². The van der Waals surface area contributed by atoms with Crippen molar-refractivity contribution in [2.45, 2.75) is 38.8 Å². The fraction of sp³-hybridized carbons (Fsp3) is 0.526. The third-order valence-electron chi connectivity index (χ3n) is 4.75. The van der Waals surface area contributed by atoms with Gasteiger partial charge in [0.15, 0.2) is 0 Å². The van der Waals surface area contributed by atoms with Crippen molar-refractivity contribution >= 4 is 5.91 Å². The highest BCUT2D eigenvalue weighted by molar-refractivity contribution is 5.90. The first-order valence-electron chi connectivity index (χ1n) is 8.80. The van der Waals surface area contributed by atoms with Crippen LogP contribution in [0.5, 0.6) is 0 Å². The molecule has 2 heterocycles. The summed E-state index contributed by atoms with van der Waals surface area (Å²) in [7, 11) is 2.13. The number of hydrogen-bond acceptors (Lipinski definition) is 4. The van der Waals surface area contributed by atoms with Crippen LogP contribution in [0.3, 0.4) is 0 Å². The Hall–Kier alpha value is -2.21. The smallest absolute Gasteiger partial charge is 0.293 e. The van der Waals surface area contributed by atoms with Gasteiger partial charge in [-0.3, -0.25) is 9.69 Å². The number of likely N-dealkylation sites (N-methyl/N-ethyl adjacent to an activating group) is 1. The number of rotatable bonds is 3. The lowest BCUT2D eigenvalue weighted by Crippen LogP contribution is -2.54. The van der Waals surface area contributed by atoms with Crippen molar-refractivity contribution in [3.63, 3.8) is 0 Å². The lowest BCUT2D eigenvalue weighted by Gasteiger charge is -2.39. The van der Waals surface area contributed by atoms with Crippen molar-refractivity contribution in [2.75, 3.05) is 26.7 Å². The van der Waals surface area contributed by atoms with Crippen LogP contribution in [0.15, 0.2) is 36.7 Å². The van der Waals surface area contributed by atoms with Gasteiger partial charge in [-0.25, -0.2) is 9.67 Å². The van der Waals surface area contributed by atoms with Crippen molar-refractivity contribution in [3.8, 4) is 0 Å². The zero-order chi connectivity index (χ0) is 18.0. The molecule has 0 unspecified atom stereocenters. The van der Waals surface area contributed by atoms with Crippen LogP contribution in [-0.2, 0) is 12.0 Å². The second-order valence-corrected chi connectivity index (χ2v) is 7.76. The maximum Gasteiger partial charge on any atom is 0.293 e. The number of nitrogens with zero attached hydrogens (tertiary/aromatic N) is 5. The van der Waals surface area contributed by atoms with Crippen molar-refractivity contribution in [1.82, 2.24) is 24.6 Å². The lowest BCUT2D eigenvalue weighted by molar-refractivity contribution is 0.0535. The largest absolute Gasteiger partial charge is 0.333 e. The summed E-state index contributed by atoms with van der Waals surface area (Å²) in [6, 6.07) is 10.7. The van der Waals surface area contributed by atoms with E-state index in [1.807, 2.05) is 31.7 Å². The Morgan fingerprint density at radius 2 is 1.92 bits per heavy atom. The zero-order valence-electron chi connectivity index (χ0n) is 15.5. The summed E-state index contributed by atoms with van der Waals surface area (Å²) in [5.41, 5.74) is 1.12. The highest BCUT2D eigenvalue weighted by Gasteiger charge is 2.30. The molecule has 1 fully saturated rings. The lowest BCUT2D eigenvalue weighted by atomic mass is 10.0. The molecule has 6 nitrogen and oxygen atoms in total. The first-order valence-corrected chi connectivity index (χ1v) is 8.80. The van der Waals surface area contributed by atoms with Gasteiger partial charge in [-0.2, -0.15) is 0 Å². The summed E-state index contributed by atoms with van der Waals surface area (Å²) in [5, 5.41) is 4.39. The van der Waals surface area contributed by atoms with Crippen molar-refractivity contribution < 1.29 is 4.79 Å². The van der Waals surface area contributed by atoms with E-state index in [1.165, 1.54) is 5.56 Å². The molecular formula is C19H27N5O. The molecule has 0 aliphatic carbocycles. The minimum atomic E-state index is -0.177. The van der Waals surface area contributed by atoms with Crippen LogP contribution in [0, 0.1) is 0 Å². The Bertz CT molecular complexity index is 719. The standard InChI is InChI=1S/C19H27N5O/c1-19(2,3)24-14-20-17(21-24)18(25)23-11-10-22(4)16(13-23)12-15-8-6-5-7-9-15/h5-9,14,16H,10-13H2,1-4H3/t16-/m0/s1. The van der Waals surface area contributed by atoms with Crippen LogP contribution in [0.4, 0.5) is 0 Å². The summed E-state index contributed by atoms with van der Waals surface area (Å²) < 4.78 is 1.75. The average Bonchev–Trinajstić information content (AvgIpc) is 3.07. The molecule has 1 aromatic carbocycles. The number of piperazine rings is 1. The van der Waals surface area contributed by atoms with E-state index >= 15 is 0 Å². The van der Waals surface area contributed by atoms with E-state index in [0.717, 1.165) is 13.0 Å². The molecule has 1 atom stereocenters. The van der Waals surface area contributed by atoms with Crippen LogP contribution in [0.1, 0.15) is 37.0 Å². The molecule has 1 amide bonds. The summed E-state index contributed by atoms with van der Waals surface area (Å²) in [4.78, 5) is 21.3. The Labute approximate surface area is 149 Å². The summed E-state index contributed by atoms with van der Waals surface area (Å²) in [6.45, 7) is 8.41. The molecule has 1 aromatic heterocycles. The number of hydrogen-bond donors (Lipinski definition) is 0. The topological polar surface area (TPSA) is 54.3 Å². The highest BCUT2D eigenvalue weighted by atomic mass is 16.2. The Balaban J connectivity index is 1.70. The van der Waals surface area contributed by atoms with E-state index in [9.17, 15) is 4.79 Å². The number of amides is 1. The Morgan fingerprint density at radius 3 is 2.56 bits per heavy atom. The SMILES string of the molecule is CN1CCN(C(=O)c2ncn(C(C)(C)C)n2)C[C@@H]1Cc1ccccc1. The Morgan fingerprint density at radius 1 is 1.20 bits per heavy atom. The Kier molecular flexibility index (Phi) is 4.90. The second kappa shape index (κ2) is 6.96. The molecule has 0 bridgehead atoms. The zero-order valence-corrected chi connectivity index (χ0v) is 15.5. The van der Waals surface area contributed by atoms with Crippen LogP contribution < -0.4 is 0 Å². The average molecular weight is 341 g/mol. The second-order valence-electron chi connectivity index (χ2n) is 7.76. The quantitative estimate of drug-likeness (QED) is 0.857. The first kappa shape index (κ1) is 17.6. The molecule has 0 radical (unpaired) electrons. The molecule has 25 heavy (non-hydrogen) atoms. The van der Waals surface area contributed by atoms with Gasteiger partial charge in [0.1, 0.15) is 6.33 Å². The molecule has 1 aliphatic rings. The third-order valence-corrected chi connectivity index (χ3v) is 4.75. The fourth-order valence-corrected chi connectivity index (χ4v) is 3.06. The number of carbonyl (C=O) groups excluding carboxylic acids is 1. The molecule has 3 rings (SSSR count). The van der Waals surface area contributed by atoms with Gasteiger partial charge in [-0.15, -0.1) is 5.10 Å². The number of carbonyl (C=O) groups is 1. The maximum atomic E-state index is 12.8. The molecule has 0 spiro atoms. The highest BCUT2D eigenvalue weighted by Crippen LogP contribution is 2.16. The summed E-state index contributed by atoms with van der Waals surface area (Å²) in [6.07, 6.45) is 2.58. The molecular weight excluding hydrogens is 314 g/mol.